The molecule has 0 saturated carbocycles. The first-order valence-electron chi connectivity index (χ1n) is 10.3. The number of ether oxygens (including phenoxy) is 1. The van der Waals surface area contributed by atoms with Gasteiger partial charge in [-0.15, -0.1) is 0 Å². The van der Waals surface area contributed by atoms with Crippen LogP contribution in [0.2, 0.25) is 0 Å². The van der Waals surface area contributed by atoms with E-state index in [1.807, 2.05) is 13.8 Å². The number of amides is 2. The zero-order valence-corrected chi connectivity index (χ0v) is 18.1. The number of nitrogens with one attached hydrogen (secondary N) is 2. The van der Waals surface area contributed by atoms with Crippen molar-refractivity contribution in [1.82, 2.24) is 14.8 Å². The average Bonchev–Trinajstić information content (AvgIpc) is 3.23. The van der Waals surface area contributed by atoms with Crippen molar-refractivity contribution < 1.29 is 18.7 Å². The van der Waals surface area contributed by atoms with E-state index in [1.165, 1.54) is 18.2 Å². The molecule has 2 aromatic heterocycles. The minimum atomic E-state index is -0.549. The van der Waals surface area contributed by atoms with Gasteiger partial charge in [0, 0.05) is 11.4 Å². The number of benzene rings is 2. The summed E-state index contributed by atoms with van der Waals surface area (Å²) < 4.78 is 21.1. The van der Waals surface area contributed by atoms with Crippen LogP contribution in [0.5, 0.6) is 5.75 Å². The van der Waals surface area contributed by atoms with E-state index in [-0.39, 0.29) is 29.6 Å². The van der Waals surface area contributed by atoms with Crippen molar-refractivity contribution in [1.29, 1.82) is 0 Å². The number of anilines is 2. The Morgan fingerprint density at radius 2 is 1.82 bits per heavy atom. The molecular weight excluding hydrogens is 425 g/mol. The molecule has 4 rings (SSSR count). The number of aromatic nitrogens is 3. The highest BCUT2D eigenvalue weighted by Crippen LogP contribution is 2.22. The van der Waals surface area contributed by atoms with Gasteiger partial charge >= 0.3 is 0 Å². The highest BCUT2D eigenvalue weighted by Gasteiger charge is 2.15. The van der Waals surface area contributed by atoms with E-state index >= 15 is 0 Å². The van der Waals surface area contributed by atoms with Crippen LogP contribution in [0.25, 0.3) is 11.0 Å². The summed E-state index contributed by atoms with van der Waals surface area (Å²) in [6.45, 7) is 3.63. The molecule has 168 valence electrons. The molecule has 0 spiro atoms. The smallest absolute Gasteiger partial charge is 0.262 e. The van der Waals surface area contributed by atoms with Crippen LogP contribution in [0.15, 0.2) is 67.0 Å². The number of pyridine rings is 1. The summed E-state index contributed by atoms with van der Waals surface area (Å²) in [5, 5.41) is 10.4. The fourth-order valence-corrected chi connectivity index (χ4v) is 3.26. The van der Waals surface area contributed by atoms with Crippen LogP contribution in [-0.4, -0.2) is 33.2 Å². The number of halogens is 1. The van der Waals surface area contributed by atoms with Gasteiger partial charge in [-0.05, 0) is 44.2 Å². The third-order valence-corrected chi connectivity index (χ3v) is 4.82. The van der Waals surface area contributed by atoms with E-state index in [9.17, 15) is 14.0 Å². The number of para-hydroxylation sites is 2. The van der Waals surface area contributed by atoms with Gasteiger partial charge in [-0.3, -0.25) is 9.59 Å². The van der Waals surface area contributed by atoms with Gasteiger partial charge in [0.1, 0.15) is 11.6 Å². The first-order chi connectivity index (χ1) is 15.9. The fourth-order valence-electron chi connectivity index (χ4n) is 3.26. The number of hydrogen-bond acceptors (Lipinski definition) is 5. The van der Waals surface area contributed by atoms with Crippen molar-refractivity contribution in [2.75, 3.05) is 17.2 Å². The molecule has 0 saturated heterocycles. The molecule has 0 unspecified atom stereocenters. The average molecular weight is 447 g/mol. The minimum Gasteiger partial charge on any atom is -0.483 e. The summed E-state index contributed by atoms with van der Waals surface area (Å²) in [7, 11) is 0. The van der Waals surface area contributed by atoms with E-state index in [0.29, 0.717) is 5.69 Å². The standard InChI is InChI=1S/C24H22FN5O3/c1-15(2)30-23-16(12-27-30)11-17(13-26-23)28-24(32)18-7-3-6-10-21(18)33-14-22(31)29-20-9-5-4-8-19(20)25/h3-13,15H,14H2,1-2H3,(H,28,32)(H,29,31). The molecule has 8 nitrogen and oxygen atoms in total. The molecule has 0 aliphatic carbocycles. The first-order valence-corrected chi connectivity index (χ1v) is 10.3. The predicted octanol–water partition coefficient (Wildman–Crippen LogP) is 4.42. The number of nitrogens with zero attached hydrogens (tertiary/aromatic N) is 3. The Morgan fingerprint density at radius 3 is 2.61 bits per heavy atom. The van der Waals surface area contributed by atoms with Gasteiger partial charge in [0.15, 0.2) is 12.3 Å². The van der Waals surface area contributed by atoms with E-state index in [0.717, 1.165) is 11.0 Å². The fraction of sp³-hybridized carbons (Fsp3) is 0.167. The largest absolute Gasteiger partial charge is 0.483 e. The molecular formula is C24H22FN5O3. The Balaban J connectivity index is 1.44. The number of rotatable bonds is 7. The zero-order chi connectivity index (χ0) is 23.4. The topological polar surface area (TPSA) is 98.1 Å². The normalized spacial score (nSPS) is 10.9. The van der Waals surface area contributed by atoms with Gasteiger partial charge < -0.3 is 15.4 Å². The Bertz CT molecular complexity index is 1320. The number of fused-ring (bicyclic) bond motifs is 1. The maximum Gasteiger partial charge on any atom is 0.262 e. The lowest BCUT2D eigenvalue weighted by Crippen LogP contribution is -2.22. The van der Waals surface area contributed by atoms with Gasteiger partial charge in [-0.2, -0.15) is 5.10 Å². The van der Waals surface area contributed by atoms with Crippen molar-refractivity contribution >= 4 is 34.2 Å². The highest BCUT2D eigenvalue weighted by atomic mass is 19.1. The molecule has 4 aromatic rings. The van der Waals surface area contributed by atoms with Crippen LogP contribution >= 0.6 is 0 Å². The van der Waals surface area contributed by atoms with Crippen molar-refractivity contribution in [3.8, 4) is 5.75 Å². The van der Waals surface area contributed by atoms with E-state index in [1.54, 1.807) is 53.5 Å². The molecule has 9 heteroatoms. The second kappa shape index (κ2) is 9.47. The Hall–Kier alpha value is -4.27. The van der Waals surface area contributed by atoms with Crippen LogP contribution in [0, 0.1) is 5.82 Å². The summed E-state index contributed by atoms with van der Waals surface area (Å²) in [5.74, 6) is -1.29. The minimum absolute atomic E-state index is 0.0563. The van der Waals surface area contributed by atoms with Crippen molar-refractivity contribution in [2.24, 2.45) is 0 Å². The third kappa shape index (κ3) is 4.98. The van der Waals surface area contributed by atoms with E-state index in [4.69, 9.17) is 4.74 Å². The summed E-state index contributed by atoms with van der Waals surface area (Å²) in [6.07, 6.45) is 3.26. The third-order valence-electron chi connectivity index (χ3n) is 4.82. The summed E-state index contributed by atoms with van der Waals surface area (Å²) in [4.78, 5) is 29.4. The second-order valence-corrected chi connectivity index (χ2v) is 7.59. The van der Waals surface area contributed by atoms with Crippen LogP contribution < -0.4 is 15.4 Å². The lowest BCUT2D eigenvalue weighted by molar-refractivity contribution is -0.118. The first kappa shape index (κ1) is 21.9. The molecule has 0 atom stereocenters. The molecule has 2 heterocycles. The van der Waals surface area contributed by atoms with Crippen LogP contribution in [0.1, 0.15) is 30.2 Å². The predicted molar refractivity (Wildman–Crippen MR) is 123 cm³/mol. The van der Waals surface area contributed by atoms with Gasteiger partial charge in [-0.1, -0.05) is 24.3 Å². The number of hydrogen-bond donors (Lipinski definition) is 2. The van der Waals surface area contributed by atoms with Crippen LogP contribution in [-0.2, 0) is 4.79 Å². The van der Waals surface area contributed by atoms with Crippen LogP contribution in [0.4, 0.5) is 15.8 Å². The Kier molecular flexibility index (Phi) is 6.30. The lowest BCUT2D eigenvalue weighted by atomic mass is 10.2. The van der Waals surface area contributed by atoms with Gasteiger partial charge in [0.25, 0.3) is 11.8 Å². The van der Waals surface area contributed by atoms with E-state index in [2.05, 4.69) is 20.7 Å². The molecule has 2 amide bonds. The second-order valence-electron chi connectivity index (χ2n) is 7.59. The molecule has 0 aliphatic heterocycles. The molecule has 2 aromatic carbocycles. The molecule has 0 bridgehead atoms. The van der Waals surface area contributed by atoms with Crippen molar-refractivity contribution in [3.63, 3.8) is 0 Å². The van der Waals surface area contributed by atoms with Crippen molar-refractivity contribution in [2.45, 2.75) is 19.9 Å². The molecule has 33 heavy (non-hydrogen) atoms. The summed E-state index contributed by atoms with van der Waals surface area (Å²) in [5.41, 5.74) is 1.53. The highest BCUT2D eigenvalue weighted by molar-refractivity contribution is 6.06. The quantitative estimate of drug-likeness (QED) is 0.437. The molecule has 0 radical (unpaired) electrons. The van der Waals surface area contributed by atoms with Gasteiger partial charge in [-0.25, -0.2) is 14.1 Å². The molecule has 2 N–H and O–H groups in total. The molecule has 0 fully saturated rings. The number of carbonyl (C=O) groups is 2. The van der Waals surface area contributed by atoms with Crippen LogP contribution in [0.3, 0.4) is 0 Å². The Morgan fingerprint density at radius 1 is 1.06 bits per heavy atom. The maximum absolute atomic E-state index is 13.7. The monoisotopic (exact) mass is 447 g/mol. The van der Waals surface area contributed by atoms with Gasteiger partial charge in [0.05, 0.1) is 29.3 Å². The number of carbonyl (C=O) groups excluding carboxylic acids is 2. The summed E-state index contributed by atoms with van der Waals surface area (Å²) >= 11 is 0. The van der Waals surface area contributed by atoms with E-state index < -0.39 is 17.6 Å². The summed E-state index contributed by atoms with van der Waals surface area (Å²) in [6, 6.07) is 14.3. The SMILES string of the molecule is CC(C)n1ncc2cc(NC(=O)c3ccccc3OCC(=O)Nc3ccccc3F)cnc21. The molecule has 0 aliphatic rings. The van der Waals surface area contributed by atoms with Gasteiger partial charge in [0.2, 0.25) is 0 Å². The van der Waals surface area contributed by atoms with Crippen molar-refractivity contribution in [3.05, 3.63) is 78.4 Å². The Labute approximate surface area is 189 Å². The maximum atomic E-state index is 13.7. The zero-order valence-electron chi connectivity index (χ0n) is 18.1. The lowest BCUT2D eigenvalue weighted by Gasteiger charge is -2.12.